The van der Waals surface area contributed by atoms with Crippen molar-refractivity contribution in [3.8, 4) is 11.8 Å². The molecule has 0 spiro atoms. The van der Waals surface area contributed by atoms with E-state index in [-0.39, 0.29) is 18.5 Å². The molecule has 10 heteroatoms. The molecule has 2 N–H and O–H groups in total. The van der Waals surface area contributed by atoms with Crippen molar-refractivity contribution in [3.63, 3.8) is 0 Å². The first-order chi connectivity index (χ1) is 15.0. The fraction of sp³-hybridized carbons (Fsp3) is 0.500. The summed E-state index contributed by atoms with van der Waals surface area (Å²) in [7, 11) is -3.85. The number of rotatable bonds is 6. The maximum Gasteiger partial charge on any atom is 0.350 e. The predicted molar refractivity (Wildman–Crippen MR) is 124 cm³/mol. The zero-order valence-electron chi connectivity index (χ0n) is 18.3. The molecule has 0 aliphatic heterocycles. The smallest absolute Gasteiger partial charge is 0.291 e. The number of benzene rings is 1. The Hall–Kier alpha value is -2.90. The van der Waals surface area contributed by atoms with Crippen LogP contribution in [-0.4, -0.2) is 29.1 Å². The number of fused-ring (bicyclic) bond motifs is 1. The van der Waals surface area contributed by atoms with Gasteiger partial charge in [0.15, 0.2) is 0 Å². The lowest BCUT2D eigenvalue weighted by atomic mass is 10.1. The summed E-state index contributed by atoms with van der Waals surface area (Å²) < 4.78 is 30.4. The van der Waals surface area contributed by atoms with Crippen LogP contribution >= 0.6 is 0 Å². The molecule has 1 heterocycles. The van der Waals surface area contributed by atoms with E-state index < -0.39 is 32.7 Å². The highest BCUT2D eigenvalue weighted by Gasteiger charge is 2.41. The van der Waals surface area contributed by atoms with Gasteiger partial charge in [0.05, 0.1) is 15.8 Å². The Morgan fingerprint density at radius 1 is 1.19 bits per heavy atom. The first-order valence-electron chi connectivity index (χ1n) is 10.6. The van der Waals surface area contributed by atoms with Gasteiger partial charge in [-0.2, -0.15) is 4.68 Å². The molecule has 2 fully saturated rings. The second-order valence-corrected chi connectivity index (χ2v) is 10.9. The molecule has 4 rings (SSSR count). The minimum Gasteiger partial charge on any atom is -0.291 e. The van der Waals surface area contributed by atoms with Gasteiger partial charge in [-0.1, -0.05) is 19.8 Å². The Bertz CT molecular complexity index is 1410. The van der Waals surface area contributed by atoms with Crippen molar-refractivity contribution in [3.05, 3.63) is 39.0 Å². The van der Waals surface area contributed by atoms with E-state index in [2.05, 4.69) is 22.0 Å². The minimum absolute atomic E-state index is 0. The van der Waals surface area contributed by atoms with Crippen LogP contribution in [-0.2, 0) is 21.4 Å². The lowest BCUT2D eigenvalue weighted by molar-refractivity contribution is -0.112. The van der Waals surface area contributed by atoms with Crippen molar-refractivity contribution in [2.45, 2.75) is 69.9 Å². The summed E-state index contributed by atoms with van der Waals surface area (Å²) >= 11 is 0. The first-order valence-corrected chi connectivity index (χ1v) is 12.1. The highest BCUT2D eigenvalue weighted by Crippen LogP contribution is 2.46. The molecule has 0 atom stereocenters. The number of aromatic nitrogens is 2. The van der Waals surface area contributed by atoms with Crippen molar-refractivity contribution < 1.29 is 16.1 Å². The molecule has 0 bridgehead atoms. The second kappa shape index (κ2) is 7.60. The van der Waals surface area contributed by atoms with E-state index >= 15 is 0 Å². The number of carbonyl (C=O) groups is 1. The van der Waals surface area contributed by atoms with E-state index in [1.807, 2.05) is 13.8 Å². The molecular weight excluding hydrogens is 432 g/mol. The van der Waals surface area contributed by atoms with E-state index in [4.69, 9.17) is 0 Å². The van der Waals surface area contributed by atoms with Crippen LogP contribution in [0.25, 0.3) is 10.9 Å². The second-order valence-electron chi connectivity index (χ2n) is 9.26. The van der Waals surface area contributed by atoms with Crippen LogP contribution in [0.4, 0.5) is 0 Å². The van der Waals surface area contributed by atoms with E-state index in [9.17, 15) is 22.8 Å². The summed E-state index contributed by atoms with van der Waals surface area (Å²) in [5, 5.41) is 0.0291. The summed E-state index contributed by atoms with van der Waals surface area (Å²) in [6, 6.07) is 4.14. The molecule has 0 unspecified atom stereocenters. The van der Waals surface area contributed by atoms with Gasteiger partial charge in [0.1, 0.15) is 0 Å². The Morgan fingerprint density at radius 2 is 1.88 bits per heavy atom. The summed E-state index contributed by atoms with van der Waals surface area (Å²) in [5.74, 6) is 4.12. The molecule has 2 aromatic rings. The van der Waals surface area contributed by atoms with Crippen molar-refractivity contribution in [2.24, 2.45) is 5.41 Å². The van der Waals surface area contributed by atoms with Gasteiger partial charge in [-0.15, -0.1) is 0 Å². The normalized spacial score (nSPS) is 18.0. The van der Waals surface area contributed by atoms with E-state index in [0.29, 0.717) is 23.2 Å². The van der Waals surface area contributed by atoms with Gasteiger partial charge in [-0.3, -0.25) is 14.2 Å². The Morgan fingerprint density at radius 3 is 2.47 bits per heavy atom. The van der Waals surface area contributed by atoms with E-state index in [1.165, 1.54) is 22.8 Å². The Labute approximate surface area is 188 Å². The molecule has 0 radical (unpaired) electrons. The van der Waals surface area contributed by atoms with Crippen LogP contribution in [0.5, 0.6) is 0 Å². The topological polar surface area (TPSA) is 119 Å². The van der Waals surface area contributed by atoms with Crippen LogP contribution in [0.3, 0.4) is 0 Å². The van der Waals surface area contributed by atoms with Gasteiger partial charge in [-0.05, 0) is 62.1 Å². The third-order valence-electron chi connectivity index (χ3n) is 6.04. The van der Waals surface area contributed by atoms with Crippen LogP contribution in [0.1, 0.15) is 55.7 Å². The van der Waals surface area contributed by atoms with Gasteiger partial charge in [0, 0.05) is 21.4 Å². The molecule has 32 heavy (non-hydrogen) atoms. The highest BCUT2D eigenvalue weighted by molar-refractivity contribution is 7.89. The third kappa shape index (κ3) is 4.36. The van der Waals surface area contributed by atoms with Crippen LogP contribution in [0.2, 0.25) is 0 Å². The standard InChI is InChI=1S/C22H26N4O5S.2H2/c1-4-5-6-18(27)23-26-19(28)16-13-15(32(30,31)24-22(3)11-12-22)7-8-17(16)25(20(26)29)14-21(2)9-10-21;;/h7-8,13,24H,4,9-12,14H2,1-3H3,(H,23,27);2*1H. The molecule has 174 valence electrons. The summed E-state index contributed by atoms with van der Waals surface area (Å²) in [5.41, 5.74) is 0.527. The number of carbonyl (C=O) groups excluding carboxylic acids is 1. The molecule has 0 saturated heterocycles. The van der Waals surface area contributed by atoms with E-state index in [1.54, 1.807) is 6.92 Å². The fourth-order valence-corrected chi connectivity index (χ4v) is 4.99. The zero-order chi connectivity index (χ0) is 23.3. The van der Waals surface area contributed by atoms with Crippen LogP contribution in [0, 0.1) is 17.3 Å². The lowest BCUT2D eigenvalue weighted by Crippen LogP contribution is -2.47. The largest absolute Gasteiger partial charge is 0.350 e. The SMILES string of the molecule is CCC#CC(=O)Nn1c(=O)c2cc(S(=O)(=O)NC3(C)CC3)ccc2n(CC2(C)CC2)c1=O.[HH].[HH]. The number of hydrogen-bond acceptors (Lipinski definition) is 5. The quantitative estimate of drug-likeness (QED) is 0.634. The molecule has 1 aromatic carbocycles. The molecule has 2 saturated carbocycles. The molecule has 1 aromatic heterocycles. The maximum atomic E-state index is 13.1. The van der Waals surface area contributed by atoms with Crippen molar-refractivity contribution in [1.82, 2.24) is 14.0 Å². The minimum atomic E-state index is -3.85. The summed E-state index contributed by atoms with van der Waals surface area (Å²) in [6.45, 7) is 5.97. The van der Waals surface area contributed by atoms with Crippen LogP contribution in [0.15, 0.2) is 32.7 Å². The third-order valence-corrected chi connectivity index (χ3v) is 7.68. The fourth-order valence-electron chi connectivity index (χ4n) is 3.50. The highest BCUT2D eigenvalue weighted by atomic mass is 32.2. The lowest BCUT2D eigenvalue weighted by Gasteiger charge is -2.18. The Kier molecular flexibility index (Phi) is 5.30. The van der Waals surface area contributed by atoms with Gasteiger partial charge < -0.3 is 0 Å². The van der Waals surface area contributed by atoms with Gasteiger partial charge >= 0.3 is 11.6 Å². The monoisotopic (exact) mass is 462 g/mol. The zero-order valence-corrected chi connectivity index (χ0v) is 19.1. The number of nitrogens with one attached hydrogen (secondary N) is 2. The number of hydrogen-bond donors (Lipinski definition) is 2. The number of sulfonamides is 1. The molecule has 2 aliphatic carbocycles. The molecular formula is C22H30N4O5S. The van der Waals surface area contributed by atoms with Gasteiger partial charge in [0.25, 0.3) is 5.56 Å². The van der Waals surface area contributed by atoms with Crippen molar-refractivity contribution >= 4 is 26.8 Å². The van der Waals surface area contributed by atoms with Crippen molar-refractivity contribution in [2.75, 3.05) is 5.43 Å². The van der Waals surface area contributed by atoms with Crippen molar-refractivity contribution in [1.29, 1.82) is 0 Å². The predicted octanol–water partition coefficient (Wildman–Crippen LogP) is 1.77. The maximum absolute atomic E-state index is 13.1. The molecule has 1 amide bonds. The number of amides is 1. The van der Waals surface area contributed by atoms with Crippen LogP contribution < -0.4 is 21.4 Å². The summed E-state index contributed by atoms with van der Waals surface area (Å²) in [4.78, 5) is 38.3. The van der Waals surface area contributed by atoms with E-state index in [0.717, 1.165) is 25.7 Å². The van der Waals surface area contributed by atoms with Gasteiger partial charge in [0.2, 0.25) is 10.0 Å². The number of nitrogens with zero attached hydrogens (tertiary/aromatic N) is 2. The first kappa shape index (κ1) is 22.3. The Balaban J connectivity index is 0.00000204. The average molecular weight is 463 g/mol. The average Bonchev–Trinajstić information content (AvgIpc) is 3.65. The van der Waals surface area contributed by atoms with Gasteiger partial charge in [-0.25, -0.2) is 23.4 Å². The summed E-state index contributed by atoms with van der Waals surface area (Å²) in [6.07, 6.45) is 3.80. The molecule has 2 aliphatic rings. The molecule has 9 nitrogen and oxygen atoms in total.